The van der Waals surface area contributed by atoms with Crippen molar-refractivity contribution in [2.24, 2.45) is 5.10 Å². The van der Waals surface area contributed by atoms with Crippen LogP contribution in [0.3, 0.4) is 0 Å². The Hall–Kier alpha value is -3.81. The van der Waals surface area contributed by atoms with E-state index in [9.17, 15) is 19.8 Å². The average Bonchev–Trinajstić information content (AvgIpc) is 2.69. The lowest BCUT2D eigenvalue weighted by Gasteiger charge is -2.15. The third kappa shape index (κ3) is 6.37. The van der Waals surface area contributed by atoms with Crippen LogP contribution in [0.5, 0.6) is 11.5 Å². The molecule has 0 radical (unpaired) electrons. The molecular weight excluding hydrogens is 388 g/mol. The van der Waals surface area contributed by atoms with Gasteiger partial charge >= 0.3 is 0 Å². The topological polar surface area (TPSA) is 123 Å². The number of ether oxygens (including phenoxy) is 2. The maximum absolute atomic E-state index is 10.7. The number of carbonyl (C=O) groups excluding carboxylic acids is 2. The predicted octanol–water partition coefficient (Wildman–Crippen LogP) is 0.545. The first-order valence-electron chi connectivity index (χ1n) is 9.04. The standard InChI is InChI=1S/C22H24N2O6/c1-13-5-7-19(29-11-21(25)26)17(9-13)15(3)23-24-16(4)18-10-14(2)6-8-20(18)30-12-22(27)28/h5-10,23H,3,11-12H2,1-2,4H3,(H,25,26)(H,27,28)/p-2. The summed E-state index contributed by atoms with van der Waals surface area (Å²) in [4.78, 5) is 21.4. The van der Waals surface area contributed by atoms with Gasteiger partial charge in [0.1, 0.15) is 24.7 Å². The van der Waals surface area contributed by atoms with E-state index in [1.807, 2.05) is 19.9 Å². The van der Waals surface area contributed by atoms with Gasteiger partial charge in [0.15, 0.2) is 0 Å². The lowest BCUT2D eigenvalue weighted by Crippen LogP contribution is -2.29. The van der Waals surface area contributed by atoms with E-state index in [0.29, 0.717) is 34.0 Å². The normalized spacial score (nSPS) is 11.0. The molecule has 2 aromatic carbocycles. The molecule has 0 unspecified atom stereocenters. The minimum atomic E-state index is -1.34. The van der Waals surface area contributed by atoms with Gasteiger partial charge in [-0.2, -0.15) is 5.10 Å². The Kier molecular flexibility index (Phi) is 7.57. The molecule has 1 N–H and O–H groups in total. The summed E-state index contributed by atoms with van der Waals surface area (Å²) < 4.78 is 10.5. The van der Waals surface area contributed by atoms with Gasteiger partial charge in [-0.15, -0.1) is 0 Å². The summed E-state index contributed by atoms with van der Waals surface area (Å²) in [5.74, 6) is -1.99. The largest absolute Gasteiger partial charge is 0.546 e. The smallest absolute Gasteiger partial charge is 0.129 e. The molecule has 0 aliphatic carbocycles. The van der Waals surface area contributed by atoms with Crippen molar-refractivity contribution >= 4 is 23.3 Å². The highest BCUT2D eigenvalue weighted by Gasteiger charge is 2.11. The number of aryl methyl sites for hydroxylation is 2. The molecule has 0 atom stereocenters. The maximum atomic E-state index is 10.7. The molecule has 2 aromatic rings. The number of carbonyl (C=O) groups is 2. The number of hydrazone groups is 1. The van der Waals surface area contributed by atoms with E-state index in [0.717, 1.165) is 11.1 Å². The van der Waals surface area contributed by atoms with E-state index in [2.05, 4.69) is 17.1 Å². The van der Waals surface area contributed by atoms with E-state index in [-0.39, 0.29) is 0 Å². The third-order valence-electron chi connectivity index (χ3n) is 4.03. The lowest BCUT2D eigenvalue weighted by atomic mass is 10.1. The number of nitrogens with zero attached hydrogens (tertiary/aromatic N) is 1. The fourth-order valence-electron chi connectivity index (χ4n) is 2.60. The van der Waals surface area contributed by atoms with Gasteiger partial charge in [0.25, 0.3) is 0 Å². The summed E-state index contributed by atoms with van der Waals surface area (Å²) in [6.07, 6.45) is 0. The van der Waals surface area contributed by atoms with Crippen LogP contribution >= 0.6 is 0 Å². The molecule has 0 bridgehead atoms. The zero-order valence-electron chi connectivity index (χ0n) is 17.0. The summed E-state index contributed by atoms with van der Waals surface area (Å²) in [6, 6.07) is 10.5. The van der Waals surface area contributed by atoms with Crippen molar-refractivity contribution < 1.29 is 29.3 Å². The molecule has 30 heavy (non-hydrogen) atoms. The first-order valence-corrected chi connectivity index (χ1v) is 9.04. The Balaban J connectivity index is 2.24. The number of hydrogen-bond donors (Lipinski definition) is 1. The average molecular weight is 410 g/mol. The number of nitrogens with one attached hydrogen (secondary N) is 1. The number of carboxylic acids is 2. The van der Waals surface area contributed by atoms with Gasteiger partial charge in [0, 0.05) is 11.1 Å². The second-order valence-electron chi connectivity index (χ2n) is 6.61. The van der Waals surface area contributed by atoms with Gasteiger partial charge in [-0.05, 0) is 45.0 Å². The van der Waals surface area contributed by atoms with Gasteiger partial charge in [0.05, 0.1) is 23.3 Å². The Morgan fingerprint density at radius 2 is 1.40 bits per heavy atom. The first kappa shape index (κ1) is 22.5. The number of aliphatic carboxylic acids is 2. The Labute approximate surface area is 174 Å². The zero-order chi connectivity index (χ0) is 22.3. The third-order valence-corrected chi connectivity index (χ3v) is 4.03. The quantitative estimate of drug-likeness (QED) is 0.448. The summed E-state index contributed by atoms with van der Waals surface area (Å²) in [5.41, 5.74) is 6.76. The molecule has 0 amide bonds. The van der Waals surface area contributed by atoms with Gasteiger partial charge < -0.3 is 29.3 Å². The Morgan fingerprint density at radius 1 is 0.933 bits per heavy atom. The van der Waals surface area contributed by atoms with Gasteiger partial charge in [-0.25, -0.2) is 0 Å². The molecule has 8 heteroatoms. The van der Waals surface area contributed by atoms with E-state index < -0.39 is 25.2 Å². The SMILES string of the molecule is C=C(NN=C(C)c1cc(C)ccc1OCC(=O)[O-])c1cc(C)ccc1OCC(=O)[O-]. The number of carboxylic acid groups (broad SMARTS) is 2. The summed E-state index contributed by atoms with van der Waals surface area (Å²) in [5, 5.41) is 25.7. The maximum Gasteiger partial charge on any atom is 0.129 e. The highest BCUT2D eigenvalue weighted by atomic mass is 16.5. The highest BCUT2D eigenvalue weighted by molar-refractivity contribution is 6.01. The molecule has 0 spiro atoms. The molecule has 0 saturated carbocycles. The minimum Gasteiger partial charge on any atom is -0.546 e. The molecule has 0 fully saturated rings. The molecule has 8 nitrogen and oxygen atoms in total. The molecule has 0 aromatic heterocycles. The second-order valence-corrected chi connectivity index (χ2v) is 6.61. The van der Waals surface area contributed by atoms with Crippen LogP contribution in [0, 0.1) is 13.8 Å². The van der Waals surface area contributed by atoms with Crippen LogP contribution in [0.25, 0.3) is 5.70 Å². The molecular formula is C22H22N2O6-2. The fourth-order valence-corrected chi connectivity index (χ4v) is 2.60. The number of hydrogen-bond acceptors (Lipinski definition) is 8. The van der Waals surface area contributed by atoms with Crippen molar-refractivity contribution in [1.82, 2.24) is 5.43 Å². The number of benzene rings is 2. The van der Waals surface area contributed by atoms with Gasteiger partial charge in [-0.3, -0.25) is 5.43 Å². The van der Waals surface area contributed by atoms with Crippen molar-refractivity contribution in [2.75, 3.05) is 13.2 Å². The summed E-state index contributed by atoms with van der Waals surface area (Å²) in [7, 11) is 0. The van der Waals surface area contributed by atoms with Gasteiger partial charge in [-0.1, -0.05) is 29.8 Å². The van der Waals surface area contributed by atoms with Crippen LogP contribution in [0.4, 0.5) is 0 Å². The van der Waals surface area contributed by atoms with Crippen LogP contribution in [-0.4, -0.2) is 30.9 Å². The highest BCUT2D eigenvalue weighted by Crippen LogP contribution is 2.26. The minimum absolute atomic E-state index is 0.323. The zero-order valence-corrected chi connectivity index (χ0v) is 17.0. The molecule has 2 rings (SSSR count). The van der Waals surface area contributed by atoms with E-state index in [4.69, 9.17) is 9.47 Å². The van der Waals surface area contributed by atoms with Crippen LogP contribution in [0.2, 0.25) is 0 Å². The molecule has 0 aliphatic rings. The summed E-state index contributed by atoms with van der Waals surface area (Å²) in [6.45, 7) is 8.27. The van der Waals surface area contributed by atoms with Crippen LogP contribution < -0.4 is 25.1 Å². The first-order chi connectivity index (χ1) is 14.2. The van der Waals surface area contributed by atoms with Gasteiger partial charge in [0.2, 0.25) is 0 Å². The van der Waals surface area contributed by atoms with Crippen molar-refractivity contribution in [1.29, 1.82) is 0 Å². The van der Waals surface area contributed by atoms with E-state index in [1.54, 1.807) is 37.3 Å². The summed E-state index contributed by atoms with van der Waals surface area (Å²) >= 11 is 0. The Morgan fingerprint density at radius 3 is 1.90 bits per heavy atom. The molecule has 0 aliphatic heterocycles. The number of rotatable bonds is 10. The molecule has 0 saturated heterocycles. The fraction of sp³-hybridized carbons (Fsp3) is 0.227. The molecule has 158 valence electrons. The monoisotopic (exact) mass is 410 g/mol. The van der Waals surface area contributed by atoms with Crippen molar-refractivity contribution in [3.05, 3.63) is 65.2 Å². The molecule has 0 heterocycles. The van der Waals surface area contributed by atoms with E-state index >= 15 is 0 Å². The van der Waals surface area contributed by atoms with Crippen molar-refractivity contribution in [3.8, 4) is 11.5 Å². The second kappa shape index (κ2) is 10.1. The van der Waals surface area contributed by atoms with Crippen molar-refractivity contribution in [2.45, 2.75) is 20.8 Å². The predicted molar refractivity (Wildman–Crippen MR) is 108 cm³/mol. The van der Waals surface area contributed by atoms with Crippen LogP contribution in [-0.2, 0) is 9.59 Å². The van der Waals surface area contributed by atoms with Crippen molar-refractivity contribution in [3.63, 3.8) is 0 Å². The van der Waals surface area contributed by atoms with Crippen LogP contribution in [0.15, 0.2) is 48.1 Å². The van der Waals surface area contributed by atoms with Crippen LogP contribution in [0.1, 0.15) is 29.2 Å². The van der Waals surface area contributed by atoms with E-state index in [1.165, 1.54) is 0 Å². The Bertz CT molecular complexity index is 997. The lowest BCUT2D eigenvalue weighted by molar-refractivity contribution is -0.308.